The van der Waals surface area contributed by atoms with Crippen molar-refractivity contribution in [1.82, 2.24) is 9.78 Å². The quantitative estimate of drug-likeness (QED) is 0.822. The molecule has 0 saturated heterocycles. The molecule has 2 aromatic rings. The molecule has 2 rings (SSSR count). The van der Waals surface area contributed by atoms with Crippen LogP contribution in [0.4, 0.5) is 5.69 Å². The van der Waals surface area contributed by atoms with Crippen LogP contribution >= 0.6 is 0 Å². The molecule has 1 aromatic carbocycles. The lowest BCUT2D eigenvalue weighted by Crippen LogP contribution is -2.07. The first-order chi connectivity index (χ1) is 10.2. The Kier molecular flexibility index (Phi) is 5.22. The molecule has 0 spiro atoms. The number of hydrogen-bond acceptors (Lipinski definition) is 4. The van der Waals surface area contributed by atoms with Gasteiger partial charge in [-0.25, -0.2) is 0 Å². The molecule has 1 aromatic heterocycles. The molecule has 2 N–H and O–H groups in total. The van der Waals surface area contributed by atoms with E-state index < -0.39 is 0 Å². The van der Waals surface area contributed by atoms with E-state index in [2.05, 4.69) is 10.4 Å². The molecule has 0 aliphatic heterocycles. The first-order valence-corrected chi connectivity index (χ1v) is 7.26. The Labute approximate surface area is 125 Å². The molecule has 0 amide bonds. The van der Waals surface area contributed by atoms with E-state index in [0.29, 0.717) is 19.7 Å². The van der Waals surface area contributed by atoms with E-state index in [4.69, 9.17) is 9.84 Å². The second kappa shape index (κ2) is 7.13. The van der Waals surface area contributed by atoms with Crippen molar-refractivity contribution in [3.05, 3.63) is 41.2 Å². The zero-order chi connectivity index (χ0) is 15.2. The second-order valence-electron chi connectivity index (χ2n) is 4.91. The molecule has 0 aliphatic carbocycles. The van der Waals surface area contributed by atoms with Crippen LogP contribution in [0.25, 0.3) is 0 Å². The molecule has 21 heavy (non-hydrogen) atoms. The van der Waals surface area contributed by atoms with E-state index in [1.54, 1.807) is 0 Å². The predicted octanol–water partition coefficient (Wildman–Crippen LogP) is 2.50. The first-order valence-electron chi connectivity index (χ1n) is 7.26. The van der Waals surface area contributed by atoms with Crippen LogP contribution in [-0.4, -0.2) is 28.1 Å². The van der Waals surface area contributed by atoms with E-state index in [0.717, 1.165) is 22.8 Å². The van der Waals surface area contributed by atoms with Gasteiger partial charge in [-0.3, -0.25) is 4.68 Å². The van der Waals surface area contributed by atoms with Crippen LogP contribution in [0.5, 0.6) is 5.75 Å². The van der Waals surface area contributed by atoms with E-state index in [-0.39, 0.29) is 6.61 Å². The van der Waals surface area contributed by atoms with E-state index in [1.165, 1.54) is 5.56 Å². The fourth-order valence-corrected chi connectivity index (χ4v) is 2.36. The van der Waals surface area contributed by atoms with Crippen LogP contribution in [0.15, 0.2) is 24.3 Å². The molecule has 0 unspecified atom stereocenters. The minimum absolute atomic E-state index is 0.102. The number of hydrogen-bond donors (Lipinski definition) is 2. The smallest absolute Gasteiger partial charge is 0.121 e. The van der Waals surface area contributed by atoms with E-state index in [1.807, 2.05) is 49.7 Å². The summed E-state index contributed by atoms with van der Waals surface area (Å²) in [5, 5.41) is 16.9. The van der Waals surface area contributed by atoms with Crippen molar-refractivity contribution in [3.8, 4) is 5.75 Å². The molecule has 0 saturated carbocycles. The summed E-state index contributed by atoms with van der Waals surface area (Å²) in [6, 6.07) is 7.93. The van der Waals surface area contributed by atoms with Crippen LogP contribution < -0.4 is 10.1 Å². The number of aliphatic hydroxyl groups is 1. The number of benzene rings is 1. The molecule has 0 bridgehead atoms. The number of aromatic nitrogens is 2. The fourth-order valence-electron chi connectivity index (χ4n) is 2.36. The lowest BCUT2D eigenvalue weighted by Gasteiger charge is -2.09. The highest BCUT2D eigenvalue weighted by molar-refractivity contribution is 5.49. The minimum atomic E-state index is 0.102. The van der Waals surface area contributed by atoms with Gasteiger partial charge in [-0.05, 0) is 32.9 Å². The lowest BCUT2D eigenvalue weighted by atomic mass is 10.2. The van der Waals surface area contributed by atoms with Gasteiger partial charge in [-0.15, -0.1) is 0 Å². The van der Waals surface area contributed by atoms with Crippen LogP contribution in [0.3, 0.4) is 0 Å². The third-order valence-electron chi connectivity index (χ3n) is 3.46. The number of ether oxygens (including phenoxy) is 1. The summed E-state index contributed by atoms with van der Waals surface area (Å²) in [5.41, 5.74) is 4.28. The molecule has 0 radical (unpaired) electrons. The third-order valence-corrected chi connectivity index (χ3v) is 3.46. The average Bonchev–Trinajstić information content (AvgIpc) is 2.73. The molecule has 1 heterocycles. The fraction of sp³-hybridized carbons (Fsp3) is 0.438. The Bertz CT molecular complexity index is 593. The summed E-state index contributed by atoms with van der Waals surface area (Å²) >= 11 is 0. The number of anilines is 1. The van der Waals surface area contributed by atoms with Gasteiger partial charge in [0.15, 0.2) is 0 Å². The van der Waals surface area contributed by atoms with Gasteiger partial charge in [0.1, 0.15) is 5.75 Å². The molecule has 114 valence electrons. The Morgan fingerprint density at radius 1 is 1.33 bits per heavy atom. The Morgan fingerprint density at radius 2 is 2.14 bits per heavy atom. The zero-order valence-corrected chi connectivity index (χ0v) is 12.9. The van der Waals surface area contributed by atoms with Crippen molar-refractivity contribution >= 4 is 5.69 Å². The first kappa shape index (κ1) is 15.4. The molecular formula is C16H23N3O2. The molecule has 5 heteroatoms. The largest absolute Gasteiger partial charge is 0.494 e. The van der Waals surface area contributed by atoms with Crippen LogP contribution in [0.1, 0.15) is 23.9 Å². The molecule has 0 atom stereocenters. The maximum absolute atomic E-state index is 9.04. The lowest BCUT2D eigenvalue weighted by molar-refractivity contribution is 0.268. The number of rotatable bonds is 7. The number of aliphatic hydroxyl groups excluding tert-OH is 1. The predicted molar refractivity (Wildman–Crippen MR) is 83.7 cm³/mol. The molecule has 0 aliphatic rings. The molecule has 5 nitrogen and oxygen atoms in total. The van der Waals surface area contributed by atoms with Gasteiger partial charge in [-0.2, -0.15) is 5.10 Å². The zero-order valence-electron chi connectivity index (χ0n) is 12.9. The van der Waals surface area contributed by atoms with E-state index in [9.17, 15) is 0 Å². The summed E-state index contributed by atoms with van der Waals surface area (Å²) in [4.78, 5) is 0. The van der Waals surface area contributed by atoms with Crippen LogP contribution in [0.2, 0.25) is 0 Å². The number of aryl methyl sites for hydroxylation is 1. The summed E-state index contributed by atoms with van der Waals surface area (Å²) in [6.07, 6.45) is 0. The van der Waals surface area contributed by atoms with Crippen molar-refractivity contribution in [2.24, 2.45) is 0 Å². The SMILES string of the molecule is CCOc1cccc(NCc2c(C)nn(CCO)c2C)c1. The van der Waals surface area contributed by atoms with Gasteiger partial charge in [0, 0.05) is 29.6 Å². The van der Waals surface area contributed by atoms with Crippen molar-refractivity contribution in [2.45, 2.75) is 33.9 Å². The van der Waals surface area contributed by atoms with Crippen molar-refractivity contribution in [1.29, 1.82) is 0 Å². The Hall–Kier alpha value is -2.01. The second-order valence-corrected chi connectivity index (χ2v) is 4.91. The summed E-state index contributed by atoms with van der Waals surface area (Å²) in [6.45, 7) is 8.01. The number of nitrogens with zero attached hydrogens (tertiary/aromatic N) is 2. The van der Waals surface area contributed by atoms with Gasteiger partial charge < -0.3 is 15.2 Å². The normalized spacial score (nSPS) is 10.7. The summed E-state index contributed by atoms with van der Waals surface area (Å²) < 4.78 is 7.35. The van der Waals surface area contributed by atoms with Crippen LogP contribution in [0, 0.1) is 13.8 Å². The van der Waals surface area contributed by atoms with Gasteiger partial charge >= 0.3 is 0 Å². The van der Waals surface area contributed by atoms with Gasteiger partial charge in [0.05, 0.1) is 25.5 Å². The minimum Gasteiger partial charge on any atom is -0.494 e. The summed E-state index contributed by atoms with van der Waals surface area (Å²) in [5.74, 6) is 0.868. The Morgan fingerprint density at radius 3 is 2.86 bits per heavy atom. The highest BCUT2D eigenvalue weighted by Gasteiger charge is 2.10. The Balaban J connectivity index is 2.07. The average molecular weight is 289 g/mol. The van der Waals surface area contributed by atoms with Gasteiger partial charge in [0.2, 0.25) is 0 Å². The van der Waals surface area contributed by atoms with Crippen molar-refractivity contribution in [3.63, 3.8) is 0 Å². The monoisotopic (exact) mass is 289 g/mol. The van der Waals surface area contributed by atoms with Crippen molar-refractivity contribution < 1.29 is 9.84 Å². The topological polar surface area (TPSA) is 59.3 Å². The maximum atomic E-state index is 9.04. The third kappa shape index (κ3) is 3.76. The van der Waals surface area contributed by atoms with Gasteiger partial charge in [-0.1, -0.05) is 6.07 Å². The van der Waals surface area contributed by atoms with E-state index >= 15 is 0 Å². The van der Waals surface area contributed by atoms with Gasteiger partial charge in [0.25, 0.3) is 0 Å². The highest BCUT2D eigenvalue weighted by Crippen LogP contribution is 2.20. The van der Waals surface area contributed by atoms with Crippen LogP contribution in [-0.2, 0) is 13.1 Å². The van der Waals surface area contributed by atoms with Crippen molar-refractivity contribution in [2.75, 3.05) is 18.5 Å². The molecule has 0 fully saturated rings. The maximum Gasteiger partial charge on any atom is 0.121 e. The number of nitrogens with one attached hydrogen (secondary N) is 1. The highest BCUT2D eigenvalue weighted by atomic mass is 16.5. The molecular weight excluding hydrogens is 266 g/mol. The standard InChI is InChI=1S/C16H23N3O2/c1-4-21-15-7-5-6-14(10-15)17-11-16-12(2)18-19(8-9-20)13(16)3/h5-7,10,17,20H,4,8-9,11H2,1-3H3. The summed E-state index contributed by atoms with van der Waals surface area (Å²) in [7, 11) is 0.